The van der Waals surface area contributed by atoms with Crippen molar-refractivity contribution in [2.75, 3.05) is 5.73 Å². The van der Waals surface area contributed by atoms with E-state index in [1.54, 1.807) is 18.2 Å². The molecule has 1 heterocycles. The third-order valence-electron chi connectivity index (χ3n) is 2.17. The fourth-order valence-corrected chi connectivity index (χ4v) is 2.11. The Labute approximate surface area is 102 Å². The number of thioether (sulfide) groups is 1. The van der Waals surface area contributed by atoms with Crippen LogP contribution in [-0.2, 0) is 5.75 Å². The molecule has 0 radical (unpaired) electrons. The Kier molecular flexibility index (Phi) is 3.58. The molecule has 5 heteroatoms. The van der Waals surface area contributed by atoms with Crippen molar-refractivity contribution in [1.29, 1.82) is 0 Å². The minimum absolute atomic E-state index is 0.327. The second kappa shape index (κ2) is 5.14. The third kappa shape index (κ3) is 2.94. The summed E-state index contributed by atoms with van der Waals surface area (Å²) in [5.74, 6) is -1.29. The van der Waals surface area contributed by atoms with E-state index < -0.39 is 11.6 Å². The monoisotopic (exact) mass is 252 g/mol. The predicted octanol–water partition coefficient (Wildman–Crippen LogP) is 3.23. The van der Waals surface area contributed by atoms with Crippen LogP contribution in [0.15, 0.2) is 41.6 Å². The van der Waals surface area contributed by atoms with Gasteiger partial charge in [-0.15, -0.1) is 11.8 Å². The lowest BCUT2D eigenvalue weighted by Gasteiger charge is -2.03. The van der Waals surface area contributed by atoms with Crippen molar-refractivity contribution in [2.45, 2.75) is 10.8 Å². The van der Waals surface area contributed by atoms with Crippen LogP contribution in [0.4, 0.5) is 14.5 Å². The van der Waals surface area contributed by atoms with E-state index in [1.165, 1.54) is 24.0 Å². The minimum atomic E-state index is -0.826. The van der Waals surface area contributed by atoms with E-state index in [9.17, 15) is 8.78 Å². The Morgan fingerprint density at radius 2 is 2.00 bits per heavy atom. The molecule has 0 aliphatic carbocycles. The molecular formula is C12H10F2N2S. The number of benzene rings is 1. The number of anilines is 1. The predicted molar refractivity (Wildman–Crippen MR) is 64.6 cm³/mol. The molecule has 2 nitrogen and oxygen atoms in total. The summed E-state index contributed by atoms with van der Waals surface area (Å²) in [6.45, 7) is 0. The van der Waals surface area contributed by atoms with Gasteiger partial charge in [0.1, 0.15) is 0 Å². The largest absolute Gasteiger partial charge is 0.397 e. The van der Waals surface area contributed by atoms with Crippen LogP contribution in [0.2, 0.25) is 0 Å². The van der Waals surface area contributed by atoms with Gasteiger partial charge in [-0.3, -0.25) is 0 Å². The van der Waals surface area contributed by atoms with Crippen molar-refractivity contribution in [3.63, 3.8) is 0 Å². The molecule has 0 aliphatic rings. The van der Waals surface area contributed by atoms with Gasteiger partial charge in [0.2, 0.25) is 0 Å². The molecule has 0 amide bonds. The van der Waals surface area contributed by atoms with Crippen molar-refractivity contribution in [3.05, 3.63) is 53.7 Å². The first-order valence-corrected chi connectivity index (χ1v) is 5.92. The van der Waals surface area contributed by atoms with Gasteiger partial charge in [0.05, 0.1) is 16.9 Å². The standard InChI is InChI=1S/C12H10F2N2S/c13-10-3-1-2-8(12(10)14)7-17-11-5-4-9(15)6-16-11/h1-6H,7,15H2. The van der Waals surface area contributed by atoms with E-state index in [2.05, 4.69) is 4.98 Å². The van der Waals surface area contributed by atoms with Crippen molar-refractivity contribution in [2.24, 2.45) is 0 Å². The number of nitrogen functional groups attached to an aromatic ring is 1. The van der Waals surface area contributed by atoms with Crippen LogP contribution in [0.1, 0.15) is 5.56 Å². The SMILES string of the molecule is Nc1ccc(SCc2cccc(F)c2F)nc1. The highest BCUT2D eigenvalue weighted by Gasteiger charge is 2.07. The molecule has 0 spiro atoms. The molecule has 0 aliphatic heterocycles. The first-order chi connectivity index (χ1) is 8.16. The zero-order valence-corrected chi connectivity index (χ0v) is 9.68. The van der Waals surface area contributed by atoms with E-state index >= 15 is 0 Å². The summed E-state index contributed by atoms with van der Waals surface area (Å²) in [6, 6.07) is 7.62. The first kappa shape index (κ1) is 11.9. The molecule has 2 rings (SSSR count). The van der Waals surface area contributed by atoms with E-state index in [-0.39, 0.29) is 0 Å². The van der Waals surface area contributed by atoms with Crippen molar-refractivity contribution < 1.29 is 8.78 Å². The first-order valence-electron chi connectivity index (χ1n) is 4.94. The Morgan fingerprint density at radius 3 is 2.71 bits per heavy atom. The molecule has 2 N–H and O–H groups in total. The van der Waals surface area contributed by atoms with Gasteiger partial charge in [-0.2, -0.15) is 0 Å². The molecular weight excluding hydrogens is 242 g/mol. The van der Waals surface area contributed by atoms with Crippen molar-refractivity contribution in [3.8, 4) is 0 Å². The van der Waals surface area contributed by atoms with Crippen LogP contribution < -0.4 is 5.73 Å². The average Bonchev–Trinajstić information content (AvgIpc) is 2.33. The van der Waals surface area contributed by atoms with Gasteiger partial charge in [-0.1, -0.05) is 12.1 Å². The quantitative estimate of drug-likeness (QED) is 0.852. The summed E-state index contributed by atoms with van der Waals surface area (Å²) in [4.78, 5) is 4.07. The van der Waals surface area contributed by atoms with Crippen LogP contribution in [0.25, 0.3) is 0 Å². The molecule has 88 valence electrons. The Bertz CT molecular complexity index is 514. The lowest BCUT2D eigenvalue weighted by atomic mass is 10.2. The van der Waals surface area contributed by atoms with E-state index in [0.717, 1.165) is 11.1 Å². The lowest BCUT2D eigenvalue weighted by Crippen LogP contribution is -1.92. The third-order valence-corrected chi connectivity index (χ3v) is 3.16. The highest BCUT2D eigenvalue weighted by Crippen LogP contribution is 2.23. The maximum Gasteiger partial charge on any atom is 0.162 e. The summed E-state index contributed by atoms with van der Waals surface area (Å²) in [5, 5.41) is 0.725. The molecule has 17 heavy (non-hydrogen) atoms. The second-order valence-corrected chi connectivity index (χ2v) is 4.43. The van der Waals surface area contributed by atoms with Crippen LogP contribution in [0.5, 0.6) is 0 Å². The van der Waals surface area contributed by atoms with Gasteiger partial charge in [0.15, 0.2) is 11.6 Å². The topological polar surface area (TPSA) is 38.9 Å². The van der Waals surface area contributed by atoms with Gasteiger partial charge in [0.25, 0.3) is 0 Å². The number of nitrogens with two attached hydrogens (primary N) is 1. The Morgan fingerprint density at radius 1 is 1.18 bits per heavy atom. The Balaban J connectivity index is 2.07. The number of rotatable bonds is 3. The normalized spacial score (nSPS) is 10.5. The van der Waals surface area contributed by atoms with Gasteiger partial charge >= 0.3 is 0 Å². The summed E-state index contributed by atoms with van der Waals surface area (Å²) < 4.78 is 26.3. The highest BCUT2D eigenvalue weighted by molar-refractivity contribution is 7.98. The maximum absolute atomic E-state index is 13.3. The number of aromatic nitrogens is 1. The molecule has 0 bridgehead atoms. The number of hydrogen-bond acceptors (Lipinski definition) is 3. The summed E-state index contributed by atoms with van der Waals surface area (Å²) in [6.07, 6.45) is 1.53. The molecule has 0 atom stereocenters. The minimum Gasteiger partial charge on any atom is -0.397 e. The fraction of sp³-hybridized carbons (Fsp3) is 0.0833. The number of nitrogens with zero attached hydrogens (tertiary/aromatic N) is 1. The average molecular weight is 252 g/mol. The van der Waals surface area contributed by atoms with E-state index in [1.807, 2.05) is 0 Å². The molecule has 0 unspecified atom stereocenters. The van der Waals surface area contributed by atoms with Crippen molar-refractivity contribution in [1.82, 2.24) is 4.98 Å². The van der Waals surface area contributed by atoms with Crippen molar-refractivity contribution >= 4 is 17.4 Å². The molecule has 1 aromatic carbocycles. The zero-order chi connectivity index (χ0) is 12.3. The fourth-order valence-electron chi connectivity index (χ4n) is 1.29. The maximum atomic E-state index is 13.3. The lowest BCUT2D eigenvalue weighted by molar-refractivity contribution is 0.502. The van der Waals surface area contributed by atoms with Gasteiger partial charge < -0.3 is 5.73 Å². The molecule has 0 saturated carbocycles. The zero-order valence-electron chi connectivity index (χ0n) is 8.86. The summed E-state index contributed by atoms with van der Waals surface area (Å²) in [7, 11) is 0. The van der Waals surface area contributed by atoms with Gasteiger partial charge in [-0.05, 0) is 18.2 Å². The van der Waals surface area contributed by atoms with Gasteiger partial charge in [0, 0.05) is 11.3 Å². The smallest absolute Gasteiger partial charge is 0.162 e. The number of halogens is 2. The van der Waals surface area contributed by atoms with Crippen LogP contribution in [0.3, 0.4) is 0 Å². The molecule has 0 saturated heterocycles. The van der Waals surface area contributed by atoms with E-state index in [0.29, 0.717) is 17.0 Å². The Hall–Kier alpha value is -1.62. The number of hydrogen-bond donors (Lipinski definition) is 1. The van der Waals surface area contributed by atoms with E-state index in [4.69, 9.17) is 5.73 Å². The van der Waals surface area contributed by atoms with Crippen LogP contribution in [-0.4, -0.2) is 4.98 Å². The number of pyridine rings is 1. The van der Waals surface area contributed by atoms with Crippen LogP contribution in [0, 0.1) is 11.6 Å². The summed E-state index contributed by atoms with van der Waals surface area (Å²) in [5.41, 5.74) is 6.40. The highest BCUT2D eigenvalue weighted by atomic mass is 32.2. The molecule has 0 fully saturated rings. The molecule has 1 aromatic heterocycles. The molecule has 2 aromatic rings. The summed E-state index contributed by atoms with van der Waals surface area (Å²) >= 11 is 1.33. The second-order valence-electron chi connectivity index (χ2n) is 3.43. The van der Waals surface area contributed by atoms with Gasteiger partial charge in [-0.25, -0.2) is 13.8 Å². The van der Waals surface area contributed by atoms with Crippen LogP contribution >= 0.6 is 11.8 Å².